The van der Waals surface area contributed by atoms with Crippen molar-refractivity contribution in [3.8, 4) is 0 Å². The van der Waals surface area contributed by atoms with E-state index in [-0.39, 0.29) is 29.6 Å². The van der Waals surface area contributed by atoms with E-state index >= 15 is 0 Å². The Morgan fingerprint density at radius 1 is 1.24 bits per heavy atom. The third-order valence-corrected chi connectivity index (χ3v) is 5.51. The molecule has 0 saturated carbocycles. The molecule has 0 radical (unpaired) electrons. The molecule has 1 saturated heterocycles. The predicted octanol–water partition coefficient (Wildman–Crippen LogP) is 3.86. The van der Waals surface area contributed by atoms with Gasteiger partial charge in [0.2, 0.25) is 11.8 Å². The molecule has 2 aromatic rings. The van der Waals surface area contributed by atoms with Crippen molar-refractivity contribution in [1.82, 2.24) is 15.1 Å². The molecule has 29 heavy (non-hydrogen) atoms. The van der Waals surface area contributed by atoms with Gasteiger partial charge in [-0.05, 0) is 25.0 Å². The van der Waals surface area contributed by atoms with Crippen LogP contribution in [0.2, 0.25) is 0 Å². The van der Waals surface area contributed by atoms with Gasteiger partial charge in [0.15, 0.2) is 5.78 Å². The summed E-state index contributed by atoms with van der Waals surface area (Å²) >= 11 is 1.15. The van der Waals surface area contributed by atoms with Crippen molar-refractivity contribution in [2.24, 2.45) is 5.92 Å². The average Bonchev–Trinajstić information content (AvgIpc) is 3.19. The van der Waals surface area contributed by atoms with Crippen LogP contribution >= 0.6 is 11.8 Å². The molecule has 1 fully saturated rings. The van der Waals surface area contributed by atoms with Crippen LogP contribution in [-0.4, -0.2) is 45.6 Å². The highest BCUT2D eigenvalue weighted by Crippen LogP contribution is 2.30. The van der Waals surface area contributed by atoms with Gasteiger partial charge < -0.3 is 9.32 Å². The van der Waals surface area contributed by atoms with Crippen LogP contribution in [0, 0.1) is 5.92 Å². The van der Waals surface area contributed by atoms with Gasteiger partial charge in [0.1, 0.15) is 0 Å². The van der Waals surface area contributed by atoms with Crippen LogP contribution in [0.1, 0.15) is 41.6 Å². The molecule has 6 nitrogen and oxygen atoms in total. The molecule has 0 spiro atoms. The summed E-state index contributed by atoms with van der Waals surface area (Å²) in [7, 11) is 0. The summed E-state index contributed by atoms with van der Waals surface area (Å²) in [5.74, 6) is -0.193. The highest BCUT2D eigenvalue weighted by Gasteiger charge is 2.32. The molecule has 1 aliphatic rings. The molecule has 1 amide bonds. The maximum Gasteiger partial charge on any atom is 0.416 e. The van der Waals surface area contributed by atoms with Crippen LogP contribution < -0.4 is 0 Å². The van der Waals surface area contributed by atoms with Gasteiger partial charge in [0.25, 0.3) is 5.22 Å². The van der Waals surface area contributed by atoms with Crippen molar-refractivity contribution in [3.63, 3.8) is 0 Å². The lowest BCUT2D eigenvalue weighted by atomic mass is 9.89. The molecule has 0 bridgehead atoms. The first kappa shape index (κ1) is 21.4. The van der Waals surface area contributed by atoms with Gasteiger partial charge in [-0.2, -0.15) is 13.2 Å². The first-order chi connectivity index (χ1) is 13.8. The maximum absolute atomic E-state index is 12.7. The zero-order valence-electron chi connectivity index (χ0n) is 15.7. The van der Waals surface area contributed by atoms with Crippen molar-refractivity contribution in [1.29, 1.82) is 0 Å². The summed E-state index contributed by atoms with van der Waals surface area (Å²) < 4.78 is 43.4. The van der Waals surface area contributed by atoms with E-state index in [1.807, 2.05) is 6.92 Å². The zero-order valence-corrected chi connectivity index (χ0v) is 16.6. The molecule has 1 aromatic heterocycles. The minimum Gasteiger partial charge on any atom is -0.416 e. The third-order valence-electron chi connectivity index (χ3n) is 4.71. The number of alkyl halides is 3. The second kappa shape index (κ2) is 8.98. The van der Waals surface area contributed by atoms with Crippen molar-refractivity contribution in [2.75, 3.05) is 18.8 Å². The number of likely N-dealkylation sites (tertiary alicyclic amines) is 1. The normalized spacial score (nSPS) is 17.4. The molecule has 1 atom stereocenters. The van der Waals surface area contributed by atoms with Gasteiger partial charge in [-0.1, -0.05) is 30.8 Å². The van der Waals surface area contributed by atoms with E-state index in [1.165, 1.54) is 12.1 Å². The molecular formula is C19H20F3N3O3S. The molecular weight excluding hydrogens is 407 g/mol. The number of aromatic nitrogens is 2. The molecule has 3 rings (SSSR count). The molecule has 1 aromatic carbocycles. The van der Waals surface area contributed by atoms with Crippen LogP contribution in [0.3, 0.4) is 0 Å². The standard InChI is InChI=1S/C19H20F3N3O3S/c1-2-15-23-24-18(28-15)29-11-16(26)25-9-3-4-13(10-25)17(27)12-5-7-14(8-6-12)19(20,21)22/h5-8,13H,2-4,9-11H2,1H3/t13-/m1/s1. The second-order valence-corrected chi connectivity index (χ2v) is 7.65. The molecule has 0 unspecified atom stereocenters. The Hall–Kier alpha value is -2.36. The summed E-state index contributed by atoms with van der Waals surface area (Å²) in [5.41, 5.74) is -0.566. The monoisotopic (exact) mass is 427 g/mol. The maximum atomic E-state index is 12.7. The summed E-state index contributed by atoms with van der Waals surface area (Å²) in [6.07, 6.45) is -2.57. The second-order valence-electron chi connectivity index (χ2n) is 6.72. The largest absolute Gasteiger partial charge is 0.416 e. The summed E-state index contributed by atoms with van der Waals surface area (Å²) in [4.78, 5) is 26.8. The summed E-state index contributed by atoms with van der Waals surface area (Å²) in [5, 5.41) is 8.01. The van der Waals surface area contributed by atoms with Gasteiger partial charge in [-0.25, -0.2) is 0 Å². The van der Waals surface area contributed by atoms with Crippen molar-refractivity contribution >= 4 is 23.5 Å². The minimum atomic E-state index is -4.44. The number of benzene rings is 1. The number of aryl methyl sites for hydroxylation is 1. The molecule has 156 valence electrons. The molecule has 0 N–H and O–H groups in total. The average molecular weight is 427 g/mol. The zero-order chi connectivity index (χ0) is 21.0. The number of rotatable bonds is 6. The lowest BCUT2D eigenvalue weighted by Gasteiger charge is -2.32. The van der Waals surface area contributed by atoms with E-state index in [9.17, 15) is 22.8 Å². The van der Waals surface area contributed by atoms with Gasteiger partial charge in [0, 0.05) is 31.0 Å². The Bertz CT molecular complexity index is 868. The SMILES string of the molecule is CCc1nnc(SCC(=O)N2CCC[C@@H](C(=O)c3ccc(C(F)(F)F)cc3)C2)o1. The number of halogens is 3. The van der Waals surface area contributed by atoms with Crippen LogP contribution in [-0.2, 0) is 17.4 Å². The first-order valence-corrected chi connectivity index (χ1v) is 10.2. The number of Topliss-reactive ketones (excluding diaryl/α,β-unsaturated/α-hetero) is 1. The van der Waals surface area contributed by atoms with Crippen molar-refractivity contribution in [3.05, 3.63) is 41.3 Å². The van der Waals surface area contributed by atoms with Crippen molar-refractivity contribution in [2.45, 2.75) is 37.6 Å². The Morgan fingerprint density at radius 3 is 2.59 bits per heavy atom. The topological polar surface area (TPSA) is 76.3 Å². The number of piperidine rings is 1. The Labute approximate surface area is 169 Å². The lowest BCUT2D eigenvalue weighted by Crippen LogP contribution is -2.43. The number of carbonyl (C=O) groups excluding carboxylic acids is 2. The first-order valence-electron chi connectivity index (χ1n) is 9.22. The predicted molar refractivity (Wildman–Crippen MR) is 99.5 cm³/mol. The molecule has 10 heteroatoms. The molecule has 1 aliphatic heterocycles. The van der Waals surface area contributed by atoms with E-state index in [0.29, 0.717) is 36.9 Å². The smallest absolute Gasteiger partial charge is 0.416 e. The van der Waals surface area contributed by atoms with E-state index in [0.717, 1.165) is 23.9 Å². The highest BCUT2D eigenvalue weighted by molar-refractivity contribution is 7.99. The quantitative estimate of drug-likeness (QED) is 0.515. The number of ketones is 1. The van der Waals surface area contributed by atoms with Gasteiger partial charge in [-0.3, -0.25) is 9.59 Å². The number of nitrogens with zero attached hydrogens (tertiary/aromatic N) is 3. The third kappa shape index (κ3) is 5.37. The van der Waals surface area contributed by atoms with Crippen molar-refractivity contribution < 1.29 is 27.2 Å². The fourth-order valence-corrected chi connectivity index (χ4v) is 3.81. The Morgan fingerprint density at radius 2 is 1.97 bits per heavy atom. The van der Waals surface area contributed by atoms with Gasteiger partial charge in [-0.15, -0.1) is 10.2 Å². The number of thioether (sulfide) groups is 1. The lowest BCUT2D eigenvalue weighted by molar-refractivity contribution is -0.137. The van der Waals surface area contributed by atoms with Crippen LogP contribution in [0.25, 0.3) is 0 Å². The van der Waals surface area contributed by atoms with Crippen LogP contribution in [0.15, 0.2) is 33.9 Å². The Kier molecular flexibility index (Phi) is 6.61. The summed E-state index contributed by atoms with van der Waals surface area (Å²) in [6, 6.07) is 4.21. The van der Waals surface area contributed by atoms with E-state index in [4.69, 9.17) is 4.42 Å². The number of amides is 1. The molecule has 2 heterocycles. The van der Waals surface area contributed by atoms with E-state index < -0.39 is 17.7 Å². The summed E-state index contributed by atoms with van der Waals surface area (Å²) in [6.45, 7) is 2.68. The van der Waals surface area contributed by atoms with Crippen LogP contribution in [0.5, 0.6) is 0 Å². The number of hydrogen-bond acceptors (Lipinski definition) is 6. The fourth-order valence-electron chi connectivity index (χ4n) is 3.13. The number of carbonyl (C=O) groups is 2. The molecule has 0 aliphatic carbocycles. The van der Waals surface area contributed by atoms with Gasteiger partial charge in [0.05, 0.1) is 11.3 Å². The van der Waals surface area contributed by atoms with E-state index in [1.54, 1.807) is 4.90 Å². The van der Waals surface area contributed by atoms with Crippen LogP contribution in [0.4, 0.5) is 13.2 Å². The highest BCUT2D eigenvalue weighted by atomic mass is 32.2. The number of hydrogen-bond donors (Lipinski definition) is 0. The van der Waals surface area contributed by atoms with E-state index in [2.05, 4.69) is 10.2 Å². The van der Waals surface area contributed by atoms with Gasteiger partial charge >= 0.3 is 6.18 Å². The minimum absolute atomic E-state index is 0.118. The fraction of sp³-hybridized carbons (Fsp3) is 0.474. The Balaban J connectivity index is 1.57.